The number of hydrogen-bond acceptors (Lipinski definition) is 3. The van der Waals surface area contributed by atoms with Crippen molar-refractivity contribution in [1.82, 2.24) is 4.57 Å². The summed E-state index contributed by atoms with van der Waals surface area (Å²) in [6.07, 6.45) is -3.22. The lowest BCUT2D eigenvalue weighted by atomic mass is 10.2. The van der Waals surface area contributed by atoms with Crippen molar-refractivity contribution < 1.29 is 31.9 Å². The summed E-state index contributed by atoms with van der Waals surface area (Å²) in [5.74, 6) is -2.61. The van der Waals surface area contributed by atoms with Crippen molar-refractivity contribution in [3.63, 3.8) is 0 Å². The molecule has 2 aromatic carbocycles. The van der Waals surface area contributed by atoms with E-state index >= 15 is 0 Å². The quantitative estimate of drug-likeness (QED) is 0.375. The van der Waals surface area contributed by atoms with Gasteiger partial charge in [0, 0.05) is 18.4 Å². The molecule has 0 fully saturated rings. The van der Waals surface area contributed by atoms with E-state index in [0.717, 1.165) is 17.7 Å². The number of carbonyl (C=O) groups excluding carboxylic acids is 2. The second-order valence-corrected chi connectivity index (χ2v) is 6.00. The van der Waals surface area contributed by atoms with E-state index in [-0.39, 0.29) is 23.7 Å². The molecule has 0 bridgehead atoms. The predicted octanol–water partition coefficient (Wildman–Crippen LogP) is 4.40. The molecule has 1 heterocycles. The number of ketones is 1. The molecule has 5 nitrogen and oxygen atoms in total. The first kappa shape index (κ1) is 20.1. The Bertz CT molecular complexity index is 1010. The van der Waals surface area contributed by atoms with Crippen LogP contribution in [0.25, 0.3) is 0 Å². The molecule has 3 aromatic rings. The van der Waals surface area contributed by atoms with Crippen LogP contribution in [0.4, 0.5) is 23.2 Å². The number of nitrogens with zero attached hydrogens (tertiary/aromatic N) is 1. The Morgan fingerprint density at radius 2 is 1.62 bits per heavy atom. The van der Waals surface area contributed by atoms with Crippen LogP contribution in [0.1, 0.15) is 16.1 Å². The van der Waals surface area contributed by atoms with Gasteiger partial charge >= 0.3 is 6.36 Å². The van der Waals surface area contributed by atoms with E-state index < -0.39 is 23.8 Å². The van der Waals surface area contributed by atoms with Gasteiger partial charge in [-0.15, -0.1) is 13.2 Å². The van der Waals surface area contributed by atoms with Crippen LogP contribution < -0.4 is 10.1 Å². The number of nitrogens with one attached hydrogen (secondary N) is 1. The molecular weight excluding hydrogens is 392 g/mol. The lowest BCUT2D eigenvalue weighted by molar-refractivity contribution is -0.274. The molecule has 0 unspecified atom stereocenters. The van der Waals surface area contributed by atoms with E-state index in [2.05, 4.69) is 10.1 Å². The molecule has 9 heteroatoms. The molecule has 150 valence electrons. The van der Waals surface area contributed by atoms with E-state index in [4.69, 9.17) is 0 Å². The molecule has 3 rings (SSSR count). The molecule has 0 spiro atoms. The lowest BCUT2D eigenvalue weighted by Gasteiger charge is -2.11. The van der Waals surface area contributed by atoms with Crippen LogP contribution in [0.5, 0.6) is 5.75 Å². The van der Waals surface area contributed by atoms with Gasteiger partial charge in [0.15, 0.2) is 0 Å². The second-order valence-electron chi connectivity index (χ2n) is 6.00. The van der Waals surface area contributed by atoms with Crippen molar-refractivity contribution in [3.05, 3.63) is 83.9 Å². The highest BCUT2D eigenvalue weighted by Gasteiger charge is 2.31. The molecule has 0 radical (unpaired) electrons. The lowest BCUT2D eigenvalue weighted by Crippen LogP contribution is -2.25. The molecule has 29 heavy (non-hydrogen) atoms. The van der Waals surface area contributed by atoms with Gasteiger partial charge in [-0.1, -0.05) is 12.1 Å². The molecule has 1 amide bonds. The van der Waals surface area contributed by atoms with Crippen molar-refractivity contribution in [2.75, 3.05) is 5.32 Å². The van der Waals surface area contributed by atoms with E-state index in [1.54, 1.807) is 24.4 Å². The van der Waals surface area contributed by atoms with Gasteiger partial charge in [0.05, 0.1) is 5.69 Å². The zero-order valence-corrected chi connectivity index (χ0v) is 14.7. The fraction of sp³-hybridized carbons (Fsp3) is 0.100. The normalized spacial score (nSPS) is 11.2. The summed E-state index contributed by atoms with van der Waals surface area (Å²) in [4.78, 5) is 24.7. The largest absolute Gasteiger partial charge is 0.573 e. The number of alkyl halides is 3. The molecule has 1 aromatic heterocycles. The van der Waals surface area contributed by atoms with Crippen LogP contribution in [-0.4, -0.2) is 22.6 Å². The summed E-state index contributed by atoms with van der Waals surface area (Å²) in [6, 6.07) is 13.2. The maximum Gasteiger partial charge on any atom is 0.573 e. The molecular formula is C20H14F4N2O3. The van der Waals surface area contributed by atoms with Gasteiger partial charge in [-0.25, -0.2) is 4.39 Å². The number of benzene rings is 2. The minimum atomic E-state index is -4.82. The van der Waals surface area contributed by atoms with Crippen LogP contribution in [0.3, 0.4) is 0 Å². The van der Waals surface area contributed by atoms with Crippen LogP contribution in [0.2, 0.25) is 0 Å². The van der Waals surface area contributed by atoms with Crippen molar-refractivity contribution in [2.24, 2.45) is 0 Å². The fourth-order valence-corrected chi connectivity index (χ4v) is 2.59. The zero-order valence-electron chi connectivity index (χ0n) is 14.7. The van der Waals surface area contributed by atoms with Crippen molar-refractivity contribution in [1.29, 1.82) is 0 Å². The highest BCUT2D eigenvalue weighted by atomic mass is 19.4. The second kappa shape index (κ2) is 8.17. The minimum Gasteiger partial charge on any atom is -0.406 e. The predicted molar refractivity (Wildman–Crippen MR) is 96.0 cm³/mol. The first-order chi connectivity index (χ1) is 13.7. The number of carbonyl (C=O) groups is 2. The molecule has 0 aliphatic carbocycles. The number of rotatable bonds is 6. The monoisotopic (exact) mass is 406 g/mol. The van der Waals surface area contributed by atoms with E-state index in [9.17, 15) is 27.2 Å². The number of ether oxygens (including phenoxy) is 1. The number of aromatic nitrogens is 1. The molecule has 0 atom stereocenters. The smallest absolute Gasteiger partial charge is 0.406 e. The summed E-state index contributed by atoms with van der Waals surface area (Å²) >= 11 is 0. The third-order valence-electron chi connectivity index (χ3n) is 3.88. The van der Waals surface area contributed by atoms with Crippen molar-refractivity contribution in [2.45, 2.75) is 12.9 Å². The molecule has 1 N–H and O–H groups in total. The molecule has 0 saturated heterocycles. The Kier molecular flexibility index (Phi) is 5.67. The summed E-state index contributed by atoms with van der Waals surface area (Å²) in [5.41, 5.74) is 0.982. The fourth-order valence-electron chi connectivity index (χ4n) is 2.59. The summed E-state index contributed by atoms with van der Waals surface area (Å²) in [7, 11) is 0. The molecule has 0 saturated carbocycles. The maximum absolute atomic E-state index is 13.0. The van der Waals surface area contributed by atoms with Gasteiger partial charge in [0.2, 0.25) is 0 Å². The Hall–Kier alpha value is -3.62. The maximum atomic E-state index is 13.0. The van der Waals surface area contributed by atoms with E-state index in [1.165, 1.54) is 34.9 Å². The number of anilines is 1. The SMILES string of the molecule is O=C(Nc1ccc(OC(F)(F)F)cc1)C(=O)c1cccn1Cc1ccc(F)cc1. The van der Waals surface area contributed by atoms with Gasteiger partial charge in [-0.2, -0.15) is 0 Å². The van der Waals surface area contributed by atoms with Gasteiger partial charge < -0.3 is 14.6 Å². The van der Waals surface area contributed by atoms with E-state index in [0.29, 0.717) is 0 Å². The zero-order chi connectivity index (χ0) is 21.0. The standard InChI is InChI=1S/C20H14F4N2O3/c21-14-5-3-13(4-6-14)12-26-11-1-2-17(26)18(27)19(28)25-15-7-9-16(10-8-15)29-20(22,23)24/h1-11H,12H2,(H,25,28). The van der Waals surface area contributed by atoms with Gasteiger partial charge in [-0.05, 0) is 54.1 Å². The first-order valence-corrected chi connectivity index (χ1v) is 8.32. The highest BCUT2D eigenvalue weighted by Crippen LogP contribution is 2.24. The topological polar surface area (TPSA) is 60.3 Å². The Balaban J connectivity index is 1.67. The number of hydrogen-bond donors (Lipinski definition) is 1. The third-order valence-corrected chi connectivity index (χ3v) is 3.88. The highest BCUT2D eigenvalue weighted by molar-refractivity contribution is 6.46. The van der Waals surface area contributed by atoms with Crippen molar-refractivity contribution in [3.8, 4) is 5.75 Å². The average molecular weight is 406 g/mol. The average Bonchev–Trinajstić information content (AvgIpc) is 3.11. The Morgan fingerprint density at radius 1 is 0.966 bits per heavy atom. The van der Waals surface area contributed by atoms with Gasteiger partial charge in [0.25, 0.3) is 11.7 Å². The third kappa shape index (κ3) is 5.44. The summed E-state index contributed by atoms with van der Waals surface area (Å²) < 4.78 is 54.8. The van der Waals surface area contributed by atoms with Crippen LogP contribution in [-0.2, 0) is 11.3 Å². The van der Waals surface area contributed by atoms with E-state index in [1.807, 2.05) is 0 Å². The van der Waals surface area contributed by atoms with Crippen molar-refractivity contribution >= 4 is 17.4 Å². The Labute approximate surface area is 162 Å². The summed E-state index contributed by atoms with van der Waals surface area (Å²) in [5, 5.41) is 2.33. The van der Waals surface area contributed by atoms with Gasteiger partial charge in [0.1, 0.15) is 11.6 Å². The minimum absolute atomic E-state index is 0.115. The number of amides is 1. The van der Waals surface area contributed by atoms with Crippen LogP contribution in [0, 0.1) is 5.82 Å². The van der Waals surface area contributed by atoms with Crippen LogP contribution >= 0.6 is 0 Å². The first-order valence-electron chi connectivity index (χ1n) is 8.32. The van der Waals surface area contributed by atoms with Crippen LogP contribution in [0.15, 0.2) is 66.9 Å². The number of halogens is 4. The molecule has 0 aliphatic rings. The molecule has 0 aliphatic heterocycles. The Morgan fingerprint density at radius 3 is 2.24 bits per heavy atom. The number of Topliss-reactive ketones (excluding diaryl/α,β-unsaturated/α-hetero) is 1. The summed E-state index contributed by atoms with van der Waals surface area (Å²) in [6.45, 7) is 0.255. The van der Waals surface area contributed by atoms with Gasteiger partial charge in [-0.3, -0.25) is 9.59 Å².